The molecule has 4 nitrogen and oxygen atoms in total. The molecule has 2 unspecified atom stereocenters. The minimum Gasteiger partial charge on any atom is -0.493 e. The lowest BCUT2D eigenvalue weighted by atomic mass is 9.88. The summed E-state index contributed by atoms with van der Waals surface area (Å²) in [6.45, 7) is 5.52. The first-order valence-corrected chi connectivity index (χ1v) is 7.93. The van der Waals surface area contributed by atoms with Crippen LogP contribution in [0.15, 0.2) is 12.1 Å². The lowest BCUT2D eigenvalue weighted by molar-refractivity contribution is 0.142. The normalized spacial score (nSPS) is 25.7. The number of fused-ring (bicyclic) bond motifs is 1. The third-order valence-electron chi connectivity index (χ3n) is 4.75. The minimum absolute atomic E-state index is 0.633. The number of hydrogen-bond acceptors (Lipinski definition) is 4. The van der Waals surface area contributed by atoms with Crippen LogP contribution in [-0.2, 0) is 6.54 Å². The van der Waals surface area contributed by atoms with Gasteiger partial charge in [0.15, 0.2) is 11.5 Å². The molecule has 2 saturated heterocycles. The molecular weight excluding hydrogens is 288 g/mol. The van der Waals surface area contributed by atoms with Crippen LogP contribution in [0.5, 0.6) is 11.5 Å². The van der Waals surface area contributed by atoms with Gasteiger partial charge in [0.25, 0.3) is 0 Å². The topological polar surface area (TPSA) is 33.7 Å². The molecular formula is C16H23ClN2O2. The second-order valence-corrected chi connectivity index (χ2v) is 6.35. The van der Waals surface area contributed by atoms with Crippen LogP contribution in [0.3, 0.4) is 0 Å². The van der Waals surface area contributed by atoms with Gasteiger partial charge in [0, 0.05) is 13.1 Å². The van der Waals surface area contributed by atoms with Crippen LogP contribution in [0.25, 0.3) is 0 Å². The zero-order chi connectivity index (χ0) is 14.8. The first-order valence-electron chi connectivity index (χ1n) is 7.55. The molecule has 0 radical (unpaired) electrons. The van der Waals surface area contributed by atoms with Gasteiger partial charge in [-0.2, -0.15) is 0 Å². The average Bonchev–Trinajstić information content (AvgIpc) is 2.96. The summed E-state index contributed by atoms with van der Waals surface area (Å²) in [5.74, 6) is 2.97. The average molecular weight is 311 g/mol. The van der Waals surface area contributed by atoms with Gasteiger partial charge < -0.3 is 14.8 Å². The number of methoxy groups -OCH3 is 2. The molecule has 2 heterocycles. The molecule has 116 valence electrons. The molecule has 0 bridgehead atoms. The highest BCUT2D eigenvalue weighted by molar-refractivity contribution is 6.33. The zero-order valence-corrected chi connectivity index (χ0v) is 13.4. The molecule has 2 atom stereocenters. The van der Waals surface area contributed by atoms with E-state index in [1.165, 1.54) is 13.0 Å². The summed E-state index contributed by atoms with van der Waals surface area (Å²) in [5, 5.41) is 4.17. The highest BCUT2D eigenvalue weighted by Crippen LogP contribution is 2.38. The first-order chi connectivity index (χ1) is 10.2. The molecule has 21 heavy (non-hydrogen) atoms. The molecule has 2 aliphatic rings. The van der Waals surface area contributed by atoms with Crippen molar-refractivity contribution < 1.29 is 9.47 Å². The molecule has 5 heteroatoms. The van der Waals surface area contributed by atoms with E-state index in [1.807, 2.05) is 12.1 Å². The van der Waals surface area contributed by atoms with Gasteiger partial charge in [-0.3, -0.25) is 4.90 Å². The van der Waals surface area contributed by atoms with Crippen LogP contribution in [-0.4, -0.2) is 45.3 Å². The smallest absolute Gasteiger partial charge is 0.179 e. The van der Waals surface area contributed by atoms with Crippen LogP contribution < -0.4 is 14.8 Å². The number of likely N-dealkylation sites (tertiary alicyclic amines) is 1. The molecule has 0 spiro atoms. The van der Waals surface area contributed by atoms with Gasteiger partial charge in [-0.1, -0.05) is 17.7 Å². The summed E-state index contributed by atoms with van der Waals surface area (Å²) in [5.41, 5.74) is 1.11. The number of piperidine rings is 1. The van der Waals surface area contributed by atoms with Crippen molar-refractivity contribution in [1.29, 1.82) is 0 Å². The van der Waals surface area contributed by atoms with E-state index in [-0.39, 0.29) is 0 Å². The van der Waals surface area contributed by atoms with Crippen LogP contribution in [0.1, 0.15) is 12.0 Å². The standard InChI is InChI=1S/C16H23ClN2O2/c1-20-14-4-3-12(15(17)16(14)21-2)9-19-6-5-11-7-18-8-13(11)10-19/h3-4,11,13,18H,5-10H2,1-2H3. The Labute approximate surface area is 131 Å². The largest absolute Gasteiger partial charge is 0.493 e. The summed E-state index contributed by atoms with van der Waals surface area (Å²) >= 11 is 6.48. The zero-order valence-electron chi connectivity index (χ0n) is 12.7. The van der Waals surface area contributed by atoms with E-state index in [0.717, 1.165) is 43.6 Å². The Morgan fingerprint density at radius 1 is 1.24 bits per heavy atom. The van der Waals surface area contributed by atoms with Gasteiger partial charge in [0.05, 0.1) is 19.2 Å². The minimum atomic E-state index is 0.633. The number of ether oxygens (including phenoxy) is 2. The molecule has 0 aromatic heterocycles. The van der Waals surface area contributed by atoms with Gasteiger partial charge in [0.1, 0.15) is 0 Å². The fourth-order valence-corrected chi connectivity index (χ4v) is 3.84. The maximum atomic E-state index is 6.48. The van der Waals surface area contributed by atoms with E-state index in [0.29, 0.717) is 16.5 Å². The Bertz CT molecular complexity index is 509. The quantitative estimate of drug-likeness (QED) is 0.926. The molecule has 2 fully saturated rings. The second kappa shape index (κ2) is 6.42. The highest BCUT2D eigenvalue weighted by atomic mass is 35.5. The van der Waals surface area contributed by atoms with Crippen molar-refractivity contribution in [2.45, 2.75) is 13.0 Å². The van der Waals surface area contributed by atoms with Crippen molar-refractivity contribution in [1.82, 2.24) is 10.2 Å². The summed E-state index contributed by atoms with van der Waals surface area (Å²) in [4.78, 5) is 2.50. The van der Waals surface area contributed by atoms with Crippen LogP contribution >= 0.6 is 11.6 Å². The maximum absolute atomic E-state index is 6.48. The molecule has 2 aliphatic heterocycles. The summed E-state index contributed by atoms with van der Waals surface area (Å²) in [6, 6.07) is 3.98. The molecule has 0 aliphatic carbocycles. The van der Waals surface area contributed by atoms with Crippen molar-refractivity contribution in [3.63, 3.8) is 0 Å². The maximum Gasteiger partial charge on any atom is 0.179 e. The Hall–Kier alpha value is -0.970. The van der Waals surface area contributed by atoms with E-state index >= 15 is 0 Å². The number of rotatable bonds is 4. The molecule has 1 aromatic carbocycles. The number of halogens is 1. The lowest BCUT2D eigenvalue weighted by Crippen LogP contribution is -2.39. The van der Waals surface area contributed by atoms with E-state index in [9.17, 15) is 0 Å². The van der Waals surface area contributed by atoms with Crippen molar-refractivity contribution in [3.8, 4) is 11.5 Å². The van der Waals surface area contributed by atoms with Gasteiger partial charge in [-0.05, 0) is 49.5 Å². The monoisotopic (exact) mass is 310 g/mol. The number of nitrogens with one attached hydrogen (secondary N) is 1. The van der Waals surface area contributed by atoms with Crippen molar-refractivity contribution in [2.24, 2.45) is 11.8 Å². The Morgan fingerprint density at radius 2 is 2.05 bits per heavy atom. The fourth-order valence-electron chi connectivity index (χ4n) is 3.55. The van der Waals surface area contributed by atoms with Crippen LogP contribution in [0.2, 0.25) is 5.02 Å². The summed E-state index contributed by atoms with van der Waals surface area (Å²) in [7, 11) is 3.26. The number of nitrogens with zero attached hydrogens (tertiary/aromatic N) is 1. The van der Waals surface area contributed by atoms with Crippen molar-refractivity contribution in [3.05, 3.63) is 22.7 Å². The first kappa shape index (κ1) is 14.9. The summed E-state index contributed by atoms with van der Waals surface area (Å²) < 4.78 is 10.7. The van der Waals surface area contributed by atoms with Crippen LogP contribution in [0.4, 0.5) is 0 Å². The molecule has 1 aromatic rings. The Kier molecular flexibility index (Phi) is 4.57. The number of benzene rings is 1. The predicted octanol–water partition coefficient (Wildman–Crippen LogP) is 2.40. The van der Waals surface area contributed by atoms with E-state index in [1.54, 1.807) is 14.2 Å². The predicted molar refractivity (Wildman–Crippen MR) is 84.3 cm³/mol. The second-order valence-electron chi connectivity index (χ2n) is 5.98. The Balaban J connectivity index is 1.73. The SMILES string of the molecule is COc1ccc(CN2CCC3CNCC3C2)c(Cl)c1OC. The highest BCUT2D eigenvalue weighted by Gasteiger charge is 2.32. The molecule has 0 saturated carbocycles. The van der Waals surface area contributed by atoms with Crippen molar-refractivity contribution >= 4 is 11.6 Å². The molecule has 0 amide bonds. The van der Waals surface area contributed by atoms with Crippen molar-refractivity contribution in [2.75, 3.05) is 40.4 Å². The van der Waals surface area contributed by atoms with E-state index < -0.39 is 0 Å². The third kappa shape index (κ3) is 2.98. The number of hydrogen-bond donors (Lipinski definition) is 1. The van der Waals surface area contributed by atoms with E-state index in [4.69, 9.17) is 21.1 Å². The third-order valence-corrected chi connectivity index (χ3v) is 5.16. The molecule has 3 rings (SSSR count). The van der Waals surface area contributed by atoms with Gasteiger partial charge in [-0.25, -0.2) is 0 Å². The van der Waals surface area contributed by atoms with Gasteiger partial charge in [-0.15, -0.1) is 0 Å². The molecule has 1 N–H and O–H groups in total. The van der Waals surface area contributed by atoms with Crippen LogP contribution in [0, 0.1) is 11.8 Å². The van der Waals surface area contributed by atoms with E-state index in [2.05, 4.69) is 10.2 Å². The summed E-state index contributed by atoms with van der Waals surface area (Å²) in [6.07, 6.45) is 1.28. The van der Waals surface area contributed by atoms with Gasteiger partial charge in [0.2, 0.25) is 0 Å². The fraction of sp³-hybridized carbons (Fsp3) is 0.625. The Morgan fingerprint density at radius 3 is 2.81 bits per heavy atom. The lowest BCUT2D eigenvalue weighted by Gasteiger charge is -2.34. The van der Waals surface area contributed by atoms with Gasteiger partial charge >= 0.3 is 0 Å².